The number of carbonyl (C=O) groups excluding carboxylic acids is 3. The fourth-order valence-corrected chi connectivity index (χ4v) is 3.54. The van der Waals surface area contributed by atoms with Gasteiger partial charge in [0, 0.05) is 5.69 Å². The first-order valence-corrected chi connectivity index (χ1v) is 11.7. The fraction of sp³-hybridized carbons (Fsp3) is 0.296. The summed E-state index contributed by atoms with van der Waals surface area (Å²) in [6, 6.07) is 8.52. The molecule has 8 nitrogen and oxygen atoms in total. The lowest BCUT2D eigenvalue weighted by atomic mass is 10.0. The van der Waals surface area contributed by atoms with Crippen molar-refractivity contribution >= 4 is 29.7 Å². The zero-order chi connectivity index (χ0) is 29.0. The van der Waals surface area contributed by atoms with Crippen LogP contribution < -0.4 is 5.32 Å². The summed E-state index contributed by atoms with van der Waals surface area (Å²) in [5, 5.41) is 2.76. The monoisotopic (exact) mass is 547 g/mol. The Hall–Kier alpha value is -4.35. The summed E-state index contributed by atoms with van der Waals surface area (Å²) in [6.45, 7) is 6.65. The van der Waals surface area contributed by atoms with Crippen LogP contribution in [-0.2, 0) is 26.9 Å². The van der Waals surface area contributed by atoms with Gasteiger partial charge in [0.1, 0.15) is 28.5 Å². The minimum absolute atomic E-state index is 0.0218. The van der Waals surface area contributed by atoms with Crippen LogP contribution >= 0.6 is 0 Å². The molecule has 3 rings (SSSR count). The van der Waals surface area contributed by atoms with Crippen LogP contribution in [0.25, 0.3) is 11.4 Å². The van der Waals surface area contributed by atoms with E-state index in [1.54, 1.807) is 32.9 Å². The van der Waals surface area contributed by atoms with E-state index in [-0.39, 0.29) is 25.1 Å². The van der Waals surface area contributed by atoms with E-state index < -0.39 is 57.7 Å². The van der Waals surface area contributed by atoms with Gasteiger partial charge in [0.05, 0.1) is 24.2 Å². The van der Waals surface area contributed by atoms with Crippen molar-refractivity contribution in [2.75, 3.05) is 11.9 Å². The SMILES string of the molecule is CCOC(=O)c1c(C=O)nc(-c2c(F)cccc2C(F)(F)F)nc1Nc1ccc(CC(=O)OC(C)(C)C)cc1. The van der Waals surface area contributed by atoms with E-state index in [1.807, 2.05) is 0 Å². The summed E-state index contributed by atoms with van der Waals surface area (Å²) >= 11 is 0. The molecule has 12 heteroatoms. The summed E-state index contributed by atoms with van der Waals surface area (Å²) in [4.78, 5) is 44.4. The van der Waals surface area contributed by atoms with Gasteiger partial charge in [-0.25, -0.2) is 19.2 Å². The summed E-state index contributed by atoms with van der Waals surface area (Å²) in [5.74, 6) is -3.88. The first-order chi connectivity index (χ1) is 18.2. The molecule has 206 valence electrons. The van der Waals surface area contributed by atoms with E-state index in [9.17, 15) is 31.9 Å². The molecular weight excluding hydrogens is 522 g/mol. The summed E-state index contributed by atoms with van der Waals surface area (Å²) < 4.78 is 65.9. The Morgan fingerprint density at radius 3 is 2.26 bits per heavy atom. The third-order valence-electron chi connectivity index (χ3n) is 5.06. The van der Waals surface area contributed by atoms with E-state index in [0.717, 1.165) is 12.1 Å². The summed E-state index contributed by atoms with van der Waals surface area (Å²) in [6.07, 6.45) is -4.84. The Morgan fingerprint density at radius 2 is 1.69 bits per heavy atom. The van der Waals surface area contributed by atoms with Crippen molar-refractivity contribution in [2.45, 2.75) is 45.9 Å². The Labute approximate surface area is 221 Å². The molecule has 0 aliphatic heterocycles. The molecule has 0 saturated carbocycles. The molecule has 0 bridgehead atoms. The number of anilines is 2. The Balaban J connectivity index is 2.08. The van der Waals surface area contributed by atoms with Crippen molar-refractivity contribution in [2.24, 2.45) is 0 Å². The van der Waals surface area contributed by atoms with E-state index in [2.05, 4.69) is 15.3 Å². The third-order valence-corrected chi connectivity index (χ3v) is 5.06. The van der Waals surface area contributed by atoms with Gasteiger partial charge in [-0.15, -0.1) is 0 Å². The smallest absolute Gasteiger partial charge is 0.417 e. The van der Waals surface area contributed by atoms with Crippen molar-refractivity contribution in [3.05, 3.63) is 70.7 Å². The van der Waals surface area contributed by atoms with Gasteiger partial charge < -0.3 is 14.8 Å². The Kier molecular flexibility index (Phi) is 8.68. The van der Waals surface area contributed by atoms with Crippen LogP contribution in [0, 0.1) is 5.82 Å². The van der Waals surface area contributed by atoms with E-state index in [1.165, 1.54) is 19.1 Å². The average molecular weight is 548 g/mol. The van der Waals surface area contributed by atoms with Crippen molar-refractivity contribution in [1.29, 1.82) is 0 Å². The number of nitrogens with zero attached hydrogens (tertiary/aromatic N) is 2. The van der Waals surface area contributed by atoms with Gasteiger partial charge in [0.15, 0.2) is 12.1 Å². The van der Waals surface area contributed by atoms with Crippen LogP contribution in [0.2, 0.25) is 0 Å². The third kappa shape index (κ3) is 7.37. The van der Waals surface area contributed by atoms with E-state index in [4.69, 9.17) is 9.47 Å². The van der Waals surface area contributed by atoms with Crippen LogP contribution in [0.1, 0.15) is 59.7 Å². The second-order valence-corrected chi connectivity index (χ2v) is 9.24. The molecule has 1 N–H and O–H groups in total. The van der Waals surface area contributed by atoms with Gasteiger partial charge in [-0.05, 0) is 57.5 Å². The molecular formula is C27H25F4N3O5. The molecule has 0 amide bonds. The van der Waals surface area contributed by atoms with E-state index in [0.29, 0.717) is 17.3 Å². The summed E-state index contributed by atoms with van der Waals surface area (Å²) in [5.41, 5.74) is -3.16. The maximum Gasteiger partial charge on any atom is 0.417 e. The van der Waals surface area contributed by atoms with Crippen molar-refractivity contribution < 1.29 is 41.4 Å². The number of alkyl halides is 3. The van der Waals surface area contributed by atoms with Crippen LogP contribution in [0.5, 0.6) is 0 Å². The number of hydrogen-bond acceptors (Lipinski definition) is 8. The van der Waals surface area contributed by atoms with Crippen LogP contribution in [0.15, 0.2) is 42.5 Å². The quantitative estimate of drug-likeness (QED) is 0.210. The van der Waals surface area contributed by atoms with Crippen molar-refractivity contribution in [3.63, 3.8) is 0 Å². The second kappa shape index (κ2) is 11.6. The maximum absolute atomic E-state index is 14.7. The van der Waals surface area contributed by atoms with Gasteiger partial charge in [0.25, 0.3) is 0 Å². The van der Waals surface area contributed by atoms with Gasteiger partial charge in [-0.1, -0.05) is 18.2 Å². The molecule has 0 unspecified atom stereocenters. The minimum Gasteiger partial charge on any atom is -0.462 e. The fourth-order valence-electron chi connectivity index (χ4n) is 3.54. The molecule has 0 fully saturated rings. The standard InChI is InChI=1S/C27H25F4N3O5/c1-5-38-25(37)22-19(14-35)33-23(21-17(27(29,30)31)7-6-8-18(21)28)34-24(22)32-16-11-9-15(10-12-16)13-20(36)39-26(2,3)4/h6-12,14H,5,13H2,1-4H3,(H,32,33,34). The molecule has 3 aromatic rings. The van der Waals surface area contributed by atoms with Gasteiger partial charge in [-0.3, -0.25) is 9.59 Å². The second-order valence-electron chi connectivity index (χ2n) is 9.24. The predicted octanol–water partition coefficient (Wildman–Crippen LogP) is 5.92. The van der Waals surface area contributed by atoms with Gasteiger partial charge >= 0.3 is 18.1 Å². The van der Waals surface area contributed by atoms with Gasteiger partial charge in [0.2, 0.25) is 0 Å². The van der Waals surface area contributed by atoms with Crippen molar-refractivity contribution in [3.8, 4) is 11.4 Å². The van der Waals surface area contributed by atoms with Crippen LogP contribution in [-0.4, -0.2) is 40.4 Å². The molecule has 0 radical (unpaired) electrons. The Morgan fingerprint density at radius 1 is 1.03 bits per heavy atom. The predicted molar refractivity (Wildman–Crippen MR) is 133 cm³/mol. The number of carbonyl (C=O) groups is 3. The minimum atomic E-state index is -4.96. The zero-order valence-electron chi connectivity index (χ0n) is 21.5. The number of rotatable bonds is 8. The highest BCUT2D eigenvalue weighted by Crippen LogP contribution is 2.38. The average Bonchev–Trinajstić information content (AvgIpc) is 2.83. The number of ether oxygens (including phenoxy) is 2. The first-order valence-electron chi connectivity index (χ1n) is 11.7. The highest BCUT2D eigenvalue weighted by molar-refractivity contribution is 6.02. The molecule has 39 heavy (non-hydrogen) atoms. The lowest BCUT2D eigenvalue weighted by Gasteiger charge is -2.19. The number of aldehydes is 1. The molecule has 1 aromatic heterocycles. The highest BCUT2D eigenvalue weighted by atomic mass is 19.4. The van der Waals surface area contributed by atoms with Crippen molar-refractivity contribution in [1.82, 2.24) is 9.97 Å². The first kappa shape index (κ1) is 29.2. The van der Waals surface area contributed by atoms with Crippen LogP contribution in [0.3, 0.4) is 0 Å². The molecule has 0 saturated heterocycles. The topological polar surface area (TPSA) is 107 Å². The van der Waals surface area contributed by atoms with Gasteiger partial charge in [-0.2, -0.15) is 13.2 Å². The number of benzene rings is 2. The normalized spacial score (nSPS) is 11.6. The maximum atomic E-state index is 14.7. The van der Waals surface area contributed by atoms with E-state index >= 15 is 0 Å². The number of hydrogen-bond donors (Lipinski definition) is 1. The summed E-state index contributed by atoms with van der Waals surface area (Å²) in [7, 11) is 0. The molecule has 0 atom stereocenters. The number of nitrogens with one attached hydrogen (secondary N) is 1. The largest absolute Gasteiger partial charge is 0.462 e. The molecule has 2 aromatic carbocycles. The highest BCUT2D eigenvalue weighted by Gasteiger charge is 2.36. The molecule has 1 heterocycles. The molecule has 0 aliphatic rings. The zero-order valence-corrected chi connectivity index (χ0v) is 21.5. The van der Waals surface area contributed by atoms with Crippen LogP contribution in [0.4, 0.5) is 29.1 Å². The molecule has 0 spiro atoms. The molecule has 0 aliphatic carbocycles. The Bertz CT molecular complexity index is 1380. The number of esters is 2. The number of halogens is 4. The lowest BCUT2D eigenvalue weighted by Crippen LogP contribution is -2.24. The number of aromatic nitrogens is 2. The lowest BCUT2D eigenvalue weighted by molar-refractivity contribution is -0.153.